The van der Waals surface area contributed by atoms with E-state index in [0.717, 1.165) is 12.1 Å². The van der Waals surface area contributed by atoms with Gasteiger partial charge in [-0.05, 0) is 30.0 Å². The number of aromatic nitrogens is 2. The summed E-state index contributed by atoms with van der Waals surface area (Å²) in [5, 5.41) is 3.03. The van der Waals surface area contributed by atoms with E-state index < -0.39 is 0 Å². The Kier molecular flexibility index (Phi) is 5.74. The van der Waals surface area contributed by atoms with Gasteiger partial charge in [0.05, 0.1) is 18.2 Å². The van der Waals surface area contributed by atoms with E-state index in [1.807, 2.05) is 22.9 Å². The third-order valence-corrected chi connectivity index (χ3v) is 5.34. The van der Waals surface area contributed by atoms with E-state index in [1.165, 1.54) is 18.1 Å². The van der Waals surface area contributed by atoms with Crippen molar-refractivity contribution in [1.29, 1.82) is 0 Å². The van der Waals surface area contributed by atoms with Crippen molar-refractivity contribution in [3.8, 4) is 0 Å². The van der Waals surface area contributed by atoms with E-state index in [0.29, 0.717) is 38.0 Å². The van der Waals surface area contributed by atoms with Gasteiger partial charge in [0.15, 0.2) is 0 Å². The zero-order valence-corrected chi connectivity index (χ0v) is 16.2. The van der Waals surface area contributed by atoms with Crippen LogP contribution < -0.4 is 5.32 Å². The molecule has 1 aliphatic heterocycles. The SMILES string of the molecule is O=C(NCc1ccc(Cn2ccnc2)cc1)C1CCN(C(=O)c2ccoc2)CC1. The normalized spacial score (nSPS) is 14.7. The first-order chi connectivity index (χ1) is 14.2. The molecule has 1 saturated heterocycles. The molecule has 1 fully saturated rings. The number of likely N-dealkylation sites (tertiary alicyclic amines) is 1. The maximum absolute atomic E-state index is 12.5. The van der Waals surface area contributed by atoms with Crippen molar-refractivity contribution in [3.05, 3.63) is 78.3 Å². The highest BCUT2D eigenvalue weighted by atomic mass is 16.3. The van der Waals surface area contributed by atoms with Crippen LogP contribution in [0.5, 0.6) is 0 Å². The van der Waals surface area contributed by atoms with Gasteiger partial charge in [-0.15, -0.1) is 0 Å². The number of nitrogens with zero attached hydrogens (tertiary/aromatic N) is 3. The van der Waals surface area contributed by atoms with Gasteiger partial charge in [0, 0.05) is 44.5 Å². The fourth-order valence-corrected chi connectivity index (χ4v) is 3.60. The van der Waals surface area contributed by atoms with Crippen LogP contribution in [0.3, 0.4) is 0 Å². The number of carbonyl (C=O) groups is 2. The molecule has 2 amide bonds. The summed E-state index contributed by atoms with van der Waals surface area (Å²) in [6.45, 7) is 2.47. The molecule has 1 aromatic carbocycles. The molecule has 0 saturated carbocycles. The van der Waals surface area contributed by atoms with Crippen molar-refractivity contribution in [2.75, 3.05) is 13.1 Å². The molecule has 4 rings (SSSR count). The minimum absolute atomic E-state index is 0.0339. The fourth-order valence-electron chi connectivity index (χ4n) is 3.60. The summed E-state index contributed by atoms with van der Waals surface area (Å²) in [7, 11) is 0. The van der Waals surface area contributed by atoms with Crippen LogP contribution in [-0.4, -0.2) is 39.4 Å². The van der Waals surface area contributed by atoms with Crippen LogP contribution in [0.2, 0.25) is 0 Å². The number of hydrogen-bond acceptors (Lipinski definition) is 4. The molecule has 0 atom stereocenters. The summed E-state index contributed by atoms with van der Waals surface area (Å²) < 4.78 is 6.99. The van der Waals surface area contributed by atoms with Gasteiger partial charge < -0.3 is 19.2 Å². The van der Waals surface area contributed by atoms with E-state index in [9.17, 15) is 9.59 Å². The zero-order valence-electron chi connectivity index (χ0n) is 16.2. The third kappa shape index (κ3) is 4.74. The van der Waals surface area contributed by atoms with Gasteiger partial charge in [0.2, 0.25) is 5.91 Å². The zero-order chi connectivity index (χ0) is 20.1. The lowest BCUT2D eigenvalue weighted by Gasteiger charge is -2.31. The Labute approximate surface area is 169 Å². The van der Waals surface area contributed by atoms with Crippen LogP contribution in [0, 0.1) is 5.92 Å². The minimum atomic E-state index is -0.0519. The van der Waals surface area contributed by atoms with Crippen LogP contribution in [0.4, 0.5) is 0 Å². The number of hydrogen-bond donors (Lipinski definition) is 1. The number of amides is 2. The largest absolute Gasteiger partial charge is 0.472 e. The molecule has 7 heteroatoms. The predicted octanol–water partition coefficient (Wildman–Crippen LogP) is 2.69. The molecule has 29 heavy (non-hydrogen) atoms. The molecule has 0 bridgehead atoms. The summed E-state index contributed by atoms with van der Waals surface area (Å²) >= 11 is 0. The highest BCUT2D eigenvalue weighted by molar-refractivity contribution is 5.94. The van der Waals surface area contributed by atoms with Crippen LogP contribution in [-0.2, 0) is 17.9 Å². The van der Waals surface area contributed by atoms with Gasteiger partial charge in [0.25, 0.3) is 5.91 Å². The van der Waals surface area contributed by atoms with Gasteiger partial charge in [-0.25, -0.2) is 4.98 Å². The van der Waals surface area contributed by atoms with Crippen LogP contribution >= 0.6 is 0 Å². The molecular formula is C22H24N4O3. The summed E-state index contributed by atoms with van der Waals surface area (Å²) in [5.41, 5.74) is 2.82. The Hall–Kier alpha value is -3.35. The topological polar surface area (TPSA) is 80.4 Å². The van der Waals surface area contributed by atoms with E-state index in [2.05, 4.69) is 22.4 Å². The predicted molar refractivity (Wildman–Crippen MR) is 107 cm³/mol. The quantitative estimate of drug-likeness (QED) is 0.699. The average molecular weight is 392 g/mol. The molecule has 0 radical (unpaired) electrons. The number of nitrogens with one attached hydrogen (secondary N) is 1. The first-order valence-corrected chi connectivity index (χ1v) is 9.82. The van der Waals surface area contributed by atoms with Crippen molar-refractivity contribution in [2.45, 2.75) is 25.9 Å². The number of benzene rings is 1. The lowest BCUT2D eigenvalue weighted by Crippen LogP contribution is -2.42. The second-order valence-electron chi connectivity index (χ2n) is 7.35. The molecule has 1 N–H and O–H groups in total. The molecule has 0 spiro atoms. The van der Waals surface area contributed by atoms with Crippen molar-refractivity contribution in [2.24, 2.45) is 5.92 Å². The van der Waals surface area contributed by atoms with E-state index >= 15 is 0 Å². The molecule has 150 valence electrons. The molecule has 0 unspecified atom stereocenters. The Balaban J connectivity index is 1.22. The Morgan fingerprint density at radius 3 is 2.52 bits per heavy atom. The monoisotopic (exact) mass is 392 g/mol. The molecule has 2 aromatic heterocycles. The highest BCUT2D eigenvalue weighted by Crippen LogP contribution is 2.19. The van der Waals surface area contributed by atoms with Gasteiger partial charge >= 0.3 is 0 Å². The Morgan fingerprint density at radius 1 is 1.10 bits per heavy atom. The van der Waals surface area contributed by atoms with Gasteiger partial charge in [-0.2, -0.15) is 0 Å². The summed E-state index contributed by atoms with van der Waals surface area (Å²) in [6.07, 6.45) is 9.81. The van der Waals surface area contributed by atoms with Crippen molar-refractivity contribution in [3.63, 3.8) is 0 Å². The van der Waals surface area contributed by atoms with Crippen molar-refractivity contribution >= 4 is 11.8 Å². The molecular weight excluding hydrogens is 368 g/mol. The summed E-state index contributed by atoms with van der Waals surface area (Å²) in [5.74, 6) is -0.0276. The maximum atomic E-state index is 12.5. The standard InChI is InChI=1S/C22H24N4O3/c27-21(19-5-9-26(10-6-19)22(28)20-7-12-29-15-20)24-13-17-1-3-18(4-2-17)14-25-11-8-23-16-25/h1-4,7-8,11-12,15-16,19H,5-6,9-10,13-14H2,(H,24,27). The number of imidazole rings is 1. The second kappa shape index (κ2) is 8.77. The van der Waals surface area contributed by atoms with Gasteiger partial charge in [-0.1, -0.05) is 24.3 Å². The van der Waals surface area contributed by atoms with Gasteiger partial charge in [-0.3, -0.25) is 9.59 Å². The third-order valence-electron chi connectivity index (χ3n) is 5.34. The lowest BCUT2D eigenvalue weighted by atomic mass is 9.95. The molecule has 1 aliphatic rings. The first-order valence-electron chi connectivity index (χ1n) is 9.82. The summed E-state index contributed by atoms with van der Waals surface area (Å²) in [6, 6.07) is 9.89. The van der Waals surface area contributed by atoms with E-state index in [1.54, 1.807) is 23.5 Å². The molecule has 0 aliphatic carbocycles. The van der Waals surface area contributed by atoms with Crippen molar-refractivity contribution < 1.29 is 14.0 Å². The molecule has 7 nitrogen and oxygen atoms in total. The molecule has 3 aromatic rings. The van der Waals surface area contributed by atoms with Crippen LogP contribution in [0.15, 0.2) is 66.0 Å². The number of furan rings is 1. The smallest absolute Gasteiger partial charge is 0.257 e. The highest BCUT2D eigenvalue weighted by Gasteiger charge is 2.28. The van der Waals surface area contributed by atoms with Gasteiger partial charge in [0.1, 0.15) is 6.26 Å². The average Bonchev–Trinajstić information content (AvgIpc) is 3.47. The first kappa shape index (κ1) is 19.0. The van der Waals surface area contributed by atoms with E-state index in [4.69, 9.17) is 4.42 Å². The lowest BCUT2D eigenvalue weighted by molar-refractivity contribution is -0.126. The van der Waals surface area contributed by atoms with E-state index in [-0.39, 0.29) is 17.7 Å². The second-order valence-corrected chi connectivity index (χ2v) is 7.35. The number of piperidine rings is 1. The Bertz CT molecular complexity index is 925. The fraction of sp³-hybridized carbons (Fsp3) is 0.318. The number of carbonyl (C=O) groups excluding carboxylic acids is 2. The number of rotatable bonds is 6. The molecule has 3 heterocycles. The van der Waals surface area contributed by atoms with Crippen LogP contribution in [0.25, 0.3) is 0 Å². The Morgan fingerprint density at radius 2 is 1.86 bits per heavy atom. The van der Waals surface area contributed by atoms with Crippen molar-refractivity contribution in [1.82, 2.24) is 19.8 Å². The maximum Gasteiger partial charge on any atom is 0.257 e. The minimum Gasteiger partial charge on any atom is -0.472 e. The summed E-state index contributed by atoms with van der Waals surface area (Å²) in [4.78, 5) is 30.7. The van der Waals surface area contributed by atoms with Crippen LogP contribution in [0.1, 0.15) is 34.3 Å².